The highest BCUT2D eigenvalue weighted by Crippen LogP contribution is 2.25. The first kappa shape index (κ1) is 19.9. The van der Waals surface area contributed by atoms with E-state index < -0.39 is 0 Å². The number of H-pyrrole nitrogens is 1. The minimum absolute atomic E-state index is 0.0937. The van der Waals surface area contributed by atoms with Crippen LogP contribution in [0.5, 0.6) is 0 Å². The Balaban J connectivity index is 1.58. The van der Waals surface area contributed by atoms with Crippen LogP contribution in [-0.4, -0.2) is 29.8 Å². The molecular weight excluding hydrogens is 374 g/mol. The van der Waals surface area contributed by atoms with Gasteiger partial charge in [-0.05, 0) is 54.3 Å². The predicted molar refractivity (Wildman–Crippen MR) is 119 cm³/mol. The van der Waals surface area contributed by atoms with Crippen molar-refractivity contribution in [3.63, 3.8) is 0 Å². The van der Waals surface area contributed by atoms with Gasteiger partial charge in [-0.2, -0.15) is 5.10 Å². The van der Waals surface area contributed by atoms with E-state index in [1.807, 2.05) is 48.5 Å². The number of rotatable bonds is 7. The highest BCUT2D eigenvalue weighted by molar-refractivity contribution is 5.96. The third kappa shape index (κ3) is 4.42. The lowest BCUT2D eigenvalue weighted by molar-refractivity contribution is 0.0924. The highest BCUT2D eigenvalue weighted by Gasteiger charge is 2.16. The number of benzene rings is 3. The second-order valence-corrected chi connectivity index (χ2v) is 7.47. The van der Waals surface area contributed by atoms with Gasteiger partial charge in [0.2, 0.25) is 0 Å². The topological polar surface area (TPSA) is 67.0 Å². The summed E-state index contributed by atoms with van der Waals surface area (Å²) >= 11 is 0. The van der Waals surface area contributed by atoms with E-state index in [4.69, 9.17) is 4.74 Å². The fraction of sp³-hybridized carbons (Fsp3) is 0.200. The number of aryl methyl sites for hydroxylation is 1. The number of hydrogen-bond acceptors (Lipinski definition) is 3. The molecule has 1 atom stereocenters. The molecule has 0 aliphatic heterocycles. The molecule has 4 aromatic rings. The fourth-order valence-electron chi connectivity index (χ4n) is 3.65. The average Bonchev–Trinajstić information content (AvgIpc) is 3.24. The van der Waals surface area contributed by atoms with Crippen LogP contribution in [0.4, 0.5) is 0 Å². The Kier molecular flexibility index (Phi) is 5.91. The molecule has 0 radical (unpaired) electrons. The van der Waals surface area contributed by atoms with Crippen LogP contribution in [0.15, 0.2) is 72.9 Å². The number of aromatic amines is 1. The first-order valence-electron chi connectivity index (χ1n) is 10.0. The van der Waals surface area contributed by atoms with Gasteiger partial charge in [0, 0.05) is 24.7 Å². The molecule has 5 heteroatoms. The second-order valence-electron chi connectivity index (χ2n) is 7.47. The van der Waals surface area contributed by atoms with E-state index in [1.165, 1.54) is 5.56 Å². The van der Waals surface area contributed by atoms with Gasteiger partial charge in [-0.3, -0.25) is 9.89 Å². The molecule has 0 aliphatic rings. The maximum absolute atomic E-state index is 13.1. The highest BCUT2D eigenvalue weighted by atomic mass is 16.5. The van der Waals surface area contributed by atoms with Gasteiger partial charge in [0.15, 0.2) is 0 Å². The van der Waals surface area contributed by atoms with Crippen molar-refractivity contribution in [1.82, 2.24) is 15.5 Å². The molecule has 1 heterocycles. The van der Waals surface area contributed by atoms with Crippen LogP contribution < -0.4 is 5.32 Å². The number of aromatic nitrogens is 2. The second kappa shape index (κ2) is 8.93. The monoisotopic (exact) mass is 399 g/mol. The number of hydrogen-bond donors (Lipinski definition) is 2. The summed E-state index contributed by atoms with van der Waals surface area (Å²) in [4.78, 5) is 13.1. The molecule has 30 heavy (non-hydrogen) atoms. The number of carbonyl (C=O) groups excluding carboxylic acids is 1. The van der Waals surface area contributed by atoms with E-state index in [-0.39, 0.29) is 11.9 Å². The summed E-state index contributed by atoms with van der Waals surface area (Å²) in [6, 6.07) is 21.9. The van der Waals surface area contributed by atoms with Gasteiger partial charge in [-0.25, -0.2) is 0 Å². The number of fused-ring (bicyclic) bond motifs is 1. The first-order chi connectivity index (χ1) is 14.6. The molecular formula is C25H25N3O2. The molecule has 5 nitrogen and oxygen atoms in total. The van der Waals surface area contributed by atoms with E-state index in [2.05, 4.69) is 40.6 Å². The Hall–Kier alpha value is -3.44. The maximum atomic E-state index is 13.1. The molecule has 0 bridgehead atoms. The molecule has 0 saturated carbocycles. The SMILES string of the molecule is COCCC(NC(=O)c1cccc(-c2ccc3[nH]ncc3c2)c1)c1cccc(C)c1. The van der Waals surface area contributed by atoms with Gasteiger partial charge >= 0.3 is 0 Å². The normalized spacial score (nSPS) is 12.1. The molecule has 1 amide bonds. The van der Waals surface area contributed by atoms with Gasteiger partial charge in [-0.15, -0.1) is 0 Å². The van der Waals surface area contributed by atoms with Crippen molar-refractivity contribution in [1.29, 1.82) is 0 Å². The third-order valence-electron chi connectivity index (χ3n) is 5.26. The number of methoxy groups -OCH3 is 1. The number of carbonyl (C=O) groups is 1. The summed E-state index contributed by atoms with van der Waals surface area (Å²) < 4.78 is 5.26. The number of ether oxygens (including phenoxy) is 1. The lowest BCUT2D eigenvalue weighted by Gasteiger charge is -2.20. The first-order valence-corrected chi connectivity index (χ1v) is 10.0. The Morgan fingerprint density at radius 1 is 1.07 bits per heavy atom. The van der Waals surface area contributed by atoms with Crippen LogP contribution in [0.25, 0.3) is 22.0 Å². The van der Waals surface area contributed by atoms with Crippen LogP contribution in [0.2, 0.25) is 0 Å². The van der Waals surface area contributed by atoms with E-state index in [1.54, 1.807) is 13.3 Å². The Morgan fingerprint density at radius 2 is 1.90 bits per heavy atom. The third-order valence-corrected chi connectivity index (χ3v) is 5.26. The van der Waals surface area contributed by atoms with Crippen LogP contribution in [0.3, 0.4) is 0 Å². The van der Waals surface area contributed by atoms with Crippen LogP contribution in [-0.2, 0) is 4.74 Å². The number of nitrogens with zero attached hydrogens (tertiary/aromatic N) is 1. The van der Waals surface area contributed by atoms with Crippen molar-refractivity contribution in [2.45, 2.75) is 19.4 Å². The predicted octanol–water partition coefficient (Wildman–Crippen LogP) is 5.05. The molecule has 4 rings (SSSR count). The summed E-state index contributed by atoms with van der Waals surface area (Å²) in [6.45, 7) is 2.63. The van der Waals surface area contributed by atoms with E-state index in [9.17, 15) is 4.79 Å². The molecule has 1 unspecified atom stereocenters. The van der Waals surface area contributed by atoms with Gasteiger partial charge in [0.05, 0.1) is 17.8 Å². The summed E-state index contributed by atoms with van der Waals surface area (Å²) in [6.07, 6.45) is 2.51. The molecule has 0 aliphatic carbocycles. The Bertz CT molecular complexity index is 1170. The fourth-order valence-corrected chi connectivity index (χ4v) is 3.65. The summed E-state index contributed by atoms with van der Waals surface area (Å²) in [5.41, 5.74) is 5.92. The molecule has 0 saturated heterocycles. The van der Waals surface area contributed by atoms with Gasteiger partial charge in [-0.1, -0.05) is 48.0 Å². The standard InChI is InChI=1S/C25H25N3O2/c1-17-5-3-7-20(13-17)23(11-12-30-2)27-25(29)21-8-4-6-18(14-21)19-9-10-24-22(15-19)16-26-28-24/h3-10,13-16,23H,11-12H2,1-2H3,(H,26,28)(H,27,29). The van der Waals surface area contributed by atoms with Gasteiger partial charge in [0.25, 0.3) is 5.91 Å². The Morgan fingerprint density at radius 3 is 2.73 bits per heavy atom. The molecule has 0 fully saturated rings. The zero-order valence-electron chi connectivity index (χ0n) is 17.2. The lowest BCUT2D eigenvalue weighted by atomic mass is 9.99. The van der Waals surface area contributed by atoms with Gasteiger partial charge < -0.3 is 10.1 Å². The smallest absolute Gasteiger partial charge is 0.251 e. The van der Waals surface area contributed by atoms with Crippen molar-refractivity contribution in [3.05, 3.63) is 89.6 Å². The minimum atomic E-state index is -0.108. The summed E-state index contributed by atoms with van der Waals surface area (Å²) in [7, 11) is 1.68. The van der Waals surface area contributed by atoms with Crippen molar-refractivity contribution < 1.29 is 9.53 Å². The molecule has 152 valence electrons. The molecule has 1 aromatic heterocycles. The summed E-state index contributed by atoms with van der Waals surface area (Å²) in [5.74, 6) is -0.0937. The zero-order valence-corrected chi connectivity index (χ0v) is 17.2. The minimum Gasteiger partial charge on any atom is -0.385 e. The van der Waals surface area contributed by atoms with Crippen LogP contribution in [0, 0.1) is 6.92 Å². The average molecular weight is 399 g/mol. The van der Waals surface area contributed by atoms with E-state index >= 15 is 0 Å². The van der Waals surface area contributed by atoms with E-state index in [0.29, 0.717) is 18.6 Å². The molecule has 3 aromatic carbocycles. The maximum Gasteiger partial charge on any atom is 0.251 e. The number of nitrogens with one attached hydrogen (secondary N) is 2. The number of amides is 1. The van der Waals surface area contributed by atoms with Crippen LogP contribution in [0.1, 0.15) is 33.9 Å². The van der Waals surface area contributed by atoms with Crippen molar-refractivity contribution in [2.24, 2.45) is 0 Å². The van der Waals surface area contributed by atoms with E-state index in [0.717, 1.165) is 27.6 Å². The van der Waals surface area contributed by atoms with Crippen LogP contribution >= 0.6 is 0 Å². The lowest BCUT2D eigenvalue weighted by Crippen LogP contribution is -2.29. The molecule has 2 N–H and O–H groups in total. The largest absolute Gasteiger partial charge is 0.385 e. The Labute approximate surface area is 176 Å². The molecule has 0 spiro atoms. The van der Waals surface area contributed by atoms with Crippen molar-refractivity contribution in [2.75, 3.05) is 13.7 Å². The quantitative estimate of drug-likeness (QED) is 0.457. The van der Waals surface area contributed by atoms with Gasteiger partial charge in [0.1, 0.15) is 0 Å². The summed E-state index contributed by atoms with van der Waals surface area (Å²) in [5, 5.41) is 11.3. The van der Waals surface area contributed by atoms with Crippen molar-refractivity contribution in [3.8, 4) is 11.1 Å². The zero-order chi connectivity index (χ0) is 20.9. The van der Waals surface area contributed by atoms with Crippen molar-refractivity contribution >= 4 is 16.8 Å².